The van der Waals surface area contributed by atoms with Crippen LogP contribution in [0.1, 0.15) is 6.92 Å². The predicted octanol–water partition coefficient (Wildman–Crippen LogP) is 0.772. The third kappa shape index (κ3) is 3.35. The van der Waals surface area contributed by atoms with Gasteiger partial charge in [0.25, 0.3) is 0 Å². The number of aliphatic hydroxyl groups excluding tert-OH is 1. The van der Waals surface area contributed by atoms with Crippen molar-refractivity contribution >= 4 is 11.4 Å². The van der Waals surface area contributed by atoms with Crippen LogP contribution in [-0.2, 0) is 0 Å². The van der Waals surface area contributed by atoms with E-state index >= 15 is 0 Å². The predicted molar refractivity (Wildman–Crippen MR) is 71.2 cm³/mol. The lowest BCUT2D eigenvalue weighted by Crippen LogP contribution is -2.48. The van der Waals surface area contributed by atoms with E-state index in [2.05, 4.69) is 21.9 Å². The SMILES string of the molecule is CC(O)CN1CCN(c2ccc(N)cc2)CC1. The molecule has 0 radical (unpaired) electrons. The number of aliphatic hydroxyl groups is 1. The summed E-state index contributed by atoms with van der Waals surface area (Å²) in [5.41, 5.74) is 7.72. The number of anilines is 2. The normalized spacial score (nSPS) is 19.3. The minimum atomic E-state index is -0.238. The van der Waals surface area contributed by atoms with Gasteiger partial charge in [0.2, 0.25) is 0 Å². The second-order valence-corrected chi connectivity index (χ2v) is 4.73. The Kier molecular flexibility index (Phi) is 3.86. The summed E-state index contributed by atoms with van der Waals surface area (Å²) in [6.07, 6.45) is -0.238. The van der Waals surface area contributed by atoms with Crippen molar-refractivity contribution in [2.75, 3.05) is 43.4 Å². The van der Waals surface area contributed by atoms with Crippen molar-refractivity contribution in [2.45, 2.75) is 13.0 Å². The zero-order valence-electron chi connectivity index (χ0n) is 10.3. The second kappa shape index (κ2) is 5.38. The van der Waals surface area contributed by atoms with Crippen molar-refractivity contribution in [2.24, 2.45) is 0 Å². The van der Waals surface area contributed by atoms with Crippen molar-refractivity contribution in [3.63, 3.8) is 0 Å². The highest BCUT2D eigenvalue weighted by atomic mass is 16.3. The van der Waals surface area contributed by atoms with Gasteiger partial charge in [-0.3, -0.25) is 4.90 Å². The van der Waals surface area contributed by atoms with E-state index in [9.17, 15) is 5.11 Å². The fraction of sp³-hybridized carbons (Fsp3) is 0.538. The molecule has 1 atom stereocenters. The molecule has 1 unspecified atom stereocenters. The van der Waals surface area contributed by atoms with Gasteiger partial charge in [0, 0.05) is 44.1 Å². The molecule has 0 aromatic heterocycles. The molecule has 0 aliphatic carbocycles. The van der Waals surface area contributed by atoms with Gasteiger partial charge >= 0.3 is 0 Å². The number of β-amino-alcohol motifs (C(OH)–C–C–N with tert-alkyl or cyclic N) is 1. The third-order valence-electron chi connectivity index (χ3n) is 3.15. The fourth-order valence-electron chi connectivity index (χ4n) is 2.25. The maximum Gasteiger partial charge on any atom is 0.0639 e. The number of hydrogen-bond acceptors (Lipinski definition) is 4. The third-order valence-corrected chi connectivity index (χ3v) is 3.15. The minimum absolute atomic E-state index is 0.238. The average molecular weight is 235 g/mol. The van der Waals surface area contributed by atoms with Crippen molar-refractivity contribution in [1.82, 2.24) is 4.90 Å². The Morgan fingerprint density at radius 3 is 2.29 bits per heavy atom. The van der Waals surface area contributed by atoms with Gasteiger partial charge in [0.05, 0.1) is 6.10 Å². The number of rotatable bonds is 3. The molecule has 3 N–H and O–H groups in total. The minimum Gasteiger partial charge on any atom is -0.399 e. The molecule has 1 fully saturated rings. The molecule has 1 saturated heterocycles. The Labute approximate surface area is 103 Å². The van der Waals surface area contributed by atoms with Crippen LogP contribution < -0.4 is 10.6 Å². The summed E-state index contributed by atoms with van der Waals surface area (Å²) in [5, 5.41) is 9.35. The Bertz CT molecular complexity index is 342. The largest absolute Gasteiger partial charge is 0.399 e. The summed E-state index contributed by atoms with van der Waals surface area (Å²) in [6, 6.07) is 8.02. The summed E-state index contributed by atoms with van der Waals surface area (Å²) >= 11 is 0. The lowest BCUT2D eigenvalue weighted by atomic mass is 10.2. The molecule has 94 valence electrons. The molecule has 4 heteroatoms. The summed E-state index contributed by atoms with van der Waals surface area (Å²) in [7, 11) is 0. The first kappa shape index (κ1) is 12.2. The lowest BCUT2D eigenvalue weighted by Gasteiger charge is -2.36. The van der Waals surface area contributed by atoms with Crippen LogP contribution in [0.5, 0.6) is 0 Å². The Morgan fingerprint density at radius 1 is 1.18 bits per heavy atom. The second-order valence-electron chi connectivity index (χ2n) is 4.73. The van der Waals surface area contributed by atoms with Crippen LogP contribution in [0.15, 0.2) is 24.3 Å². The first-order chi connectivity index (χ1) is 8.15. The van der Waals surface area contributed by atoms with Gasteiger partial charge < -0.3 is 15.7 Å². The molecule has 0 saturated carbocycles. The topological polar surface area (TPSA) is 52.7 Å². The van der Waals surface area contributed by atoms with Crippen LogP contribution in [0, 0.1) is 0 Å². The van der Waals surface area contributed by atoms with Gasteiger partial charge in [-0.15, -0.1) is 0 Å². The van der Waals surface area contributed by atoms with E-state index in [4.69, 9.17) is 5.73 Å². The van der Waals surface area contributed by atoms with E-state index in [1.165, 1.54) is 5.69 Å². The quantitative estimate of drug-likeness (QED) is 0.760. The molecule has 1 aliphatic heterocycles. The molecule has 0 amide bonds. The van der Waals surface area contributed by atoms with Gasteiger partial charge in [-0.25, -0.2) is 0 Å². The molecule has 1 heterocycles. The number of hydrogen-bond donors (Lipinski definition) is 2. The van der Waals surface area contributed by atoms with Crippen LogP contribution in [-0.4, -0.2) is 48.8 Å². The molecular formula is C13H21N3O. The van der Waals surface area contributed by atoms with Crippen LogP contribution in [0.25, 0.3) is 0 Å². The average Bonchev–Trinajstić information content (AvgIpc) is 2.30. The monoisotopic (exact) mass is 235 g/mol. The van der Waals surface area contributed by atoms with Crippen LogP contribution in [0.3, 0.4) is 0 Å². The van der Waals surface area contributed by atoms with Gasteiger partial charge in [0.1, 0.15) is 0 Å². The fourth-order valence-corrected chi connectivity index (χ4v) is 2.25. The molecule has 4 nitrogen and oxygen atoms in total. The summed E-state index contributed by atoms with van der Waals surface area (Å²) in [6.45, 7) is 6.65. The Morgan fingerprint density at radius 2 is 1.76 bits per heavy atom. The Balaban J connectivity index is 1.88. The van der Waals surface area contributed by atoms with Crippen LogP contribution >= 0.6 is 0 Å². The smallest absolute Gasteiger partial charge is 0.0639 e. The summed E-state index contributed by atoms with van der Waals surface area (Å²) in [5.74, 6) is 0. The van der Waals surface area contributed by atoms with Crippen LogP contribution in [0.2, 0.25) is 0 Å². The van der Waals surface area contributed by atoms with E-state index in [0.29, 0.717) is 0 Å². The van der Waals surface area contributed by atoms with Crippen molar-refractivity contribution in [3.8, 4) is 0 Å². The lowest BCUT2D eigenvalue weighted by molar-refractivity contribution is 0.123. The van der Waals surface area contributed by atoms with Gasteiger partial charge in [0.15, 0.2) is 0 Å². The number of nitrogens with two attached hydrogens (primary N) is 1. The zero-order valence-corrected chi connectivity index (χ0v) is 10.3. The first-order valence-corrected chi connectivity index (χ1v) is 6.16. The highest BCUT2D eigenvalue weighted by molar-refractivity contribution is 5.53. The standard InChI is InChI=1S/C13H21N3O/c1-11(17)10-15-6-8-16(9-7-15)13-4-2-12(14)3-5-13/h2-5,11,17H,6-10,14H2,1H3. The maximum absolute atomic E-state index is 9.35. The molecule has 2 rings (SSSR count). The number of nitrogen functional groups attached to an aromatic ring is 1. The van der Waals surface area contributed by atoms with E-state index in [0.717, 1.165) is 38.4 Å². The number of nitrogens with zero attached hydrogens (tertiary/aromatic N) is 2. The van der Waals surface area contributed by atoms with Gasteiger partial charge in [-0.05, 0) is 31.2 Å². The van der Waals surface area contributed by atoms with Gasteiger partial charge in [-0.2, -0.15) is 0 Å². The summed E-state index contributed by atoms with van der Waals surface area (Å²) < 4.78 is 0. The number of piperazine rings is 1. The van der Waals surface area contributed by atoms with Crippen molar-refractivity contribution in [3.05, 3.63) is 24.3 Å². The van der Waals surface area contributed by atoms with E-state index < -0.39 is 0 Å². The van der Waals surface area contributed by atoms with Crippen LogP contribution in [0.4, 0.5) is 11.4 Å². The highest BCUT2D eigenvalue weighted by Gasteiger charge is 2.17. The van der Waals surface area contributed by atoms with E-state index in [1.54, 1.807) is 0 Å². The highest BCUT2D eigenvalue weighted by Crippen LogP contribution is 2.18. The molecule has 1 aromatic rings. The van der Waals surface area contributed by atoms with Crippen molar-refractivity contribution in [1.29, 1.82) is 0 Å². The number of benzene rings is 1. The van der Waals surface area contributed by atoms with Crippen molar-refractivity contribution < 1.29 is 5.11 Å². The van der Waals surface area contributed by atoms with E-state index in [-0.39, 0.29) is 6.10 Å². The molecular weight excluding hydrogens is 214 g/mol. The molecule has 0 spiro atoms. The molecule has 1 aromatic carbocycles. The summed E-state index contributed by atoms with van der Waals surface area (Å²) in [4.78, 5) is 4.66. The zero-order chi connectivity index (χ0) is 12.3. The first-order valence-electron chi connectivity index (χ1n) is 6.16. The van der Waals surface area contributed by atoms with E-state index in [1.807, 2.05) is 19.1 Å². The molecule has 17 heavy (non-hydrogen) atoms. The maximum atomic E-state index is 9.35. The Hall–Kier alpha value is -1.26. The van der Waals surface area contributed by atoms with Gasteiger partial charge in [-0.1, -0.05) is 0 Å². The molecule has 0 bridgehead atoms. The molecule has 1 aliphatic rings.